The minimum Gasteiger partial charge on any atom is -0.492 e. The van der Waals surface area contributed by atoms with Crippen molar-refractivity contribution in [1.29, 1.82) is 0 Å². The monoisotopic (exact) mass is 489 g/mol. The highest BCUT2D eigenvalue weighted by molar-refractivity contribution is 5.90. The van der Waals surface area contributed by atoms with E-state index in [9.17, 15) is 18.0 Å². The van der Waals surface area contributed by atoms with Crippen LogP contribution in [0, 0.1) is 0 Å². The van der Waals surface area contributed by atoms with E-state index < -0.39 is 12.3 Å². The highest BCUT2D eigenvalue weighted by Crippen LogP contribution is 2.25. The topological polar surface area (TPSA) is 117 Å². The van der Waals surface area contributed by atoms with Gasteiger partial charge in [-0.25, -0.2) is 9.78 Å². The number of alkyl halides is 3. The summed E-state index contributed by atoms with van der Waals surface area (Å²) in [6, 6.07) is 10.8. The Morgan fingerprint density at radius 2 is 1.89 bits per heavy atom. The molecule has 0 saturated heterocycles. The molecule has 184 valence electrons. The Morgan fingerprint density at radius 1 is 1.14 bits per heavy atom. The van der Waals surface area contributed by atoms with Gasteiger partial charge in [0.1, 0.15) is 23.7 Å². The molecule has 12 heteroatoms. The van der Waals surface area contributed by atoms with Gasteiger partial charge < -0.3 is 24.5 Å². The minimum absolute atomic E-state index is 0.201. The SMILES string of the molecule is CCOC(=O)c1cn[nH]c1Cc1ccc2nc(N)n(CCOc3ccc(OC(F)(F)F)cc3)c2c1. The van der Waals surface area contributed by atoms with Crippen molar-refractivity contribution >= 4 is 23.0 Å². The van der Waals surface area contributed by atoms with Gasteiger partial charge >= 0.3 is 12.3 Å². The third-order valence-corrected chi connectivity index (χ3v) is 5.08. The number of nitrogens with zero attached hydrogens (tertiary/aromatic N) is 3. The fourth-order valence-corrected chi connectivity index (χ4v) is 3.56. The normalized spacial score (nSPS) is 11.5. The molecule has 4 aromatic rings. The number of aromatic amines is 1. The number of fused-ring (bicyclic) bond motifs is 1. The molecule has 4 rings (SSSR count). The summed E-state index contributed by atoms with van der Waals surface area (Å²) in [5.74, 6) is -0.0928. The number of benzene rings is 2. The number of aromatic nitrogens is 4. The minimum atomic E-state index is -4.75. The third kappa shape index (κ3) is 5.83. The first-order valence-corrected chi connectivity index (χ1v) is 10.7. The van der Waals surface area contributed by atoms with Crippen molar-refractivity contribution in [3.63, 3.8) is 0 Å². The summed E-state index contributed by atoms with van der Waals surface area (Å²) >= 11 is 0. The lowest BCUT2D eigenvalue weighted by Gasteiger charge is -2.11. The molecule has 2 heterocycles. The first-order chi connectivity index (χ1) is 16.7. The van der Waals surface area contributed by atoms with Crippen LogP contribution in [0.5, 0.6) is 11.5 Å². The number of anilines is 1. The summed E-state index contributed by atoms with van der Waals surface area (Å²) in [7, 11) is 0. The number of ether oxygens (including phenoxy) is 3. The van der Waals surface area contributed by atoms with Gasteiger partial charge in [-0.3, -0.25) is 5.10 Å². The van der Waals surface area contributed by atoms with Crippen LogP contribution in [0.4, 0.5) is 19.1 Å². The number of hydrogen-bond donors (Lipinski definition) is 2. The van der Waals surface area contributed by atoms with Crippen LogP contribution in [-0.2, 0) is 17.7 Å². The van der Waals surface area contributed by atoms with E-state index in [0.717, 1.165) is 11.1 Å². The van der Waals surface area contributed by atoms with E-state index in [-0.39, 0.29) is 19.0 Å². The molecule has 9 nitrogen and oxygen atoms in total. The molecule has 0 amide bonds. The van der Waals surface area contributed by atoms with Gasteiger partial charge in [-0.1, -0.05) is 6.07 Å². The summed E-state index contributed by atoms with van der Waals surface area (Å²) in [4.78, 5) is 16.5. The Kier molecular flexibility index (Phi) is 6.80. The van der Waals surface area contributed by atoms with Gasteiger partial charge in [0.05, 0.1) is 36.1 Å². The van der Waals surface area contributed by atoms with Crippen molar-refractivity contribution in [3.8, 4) is 11.5 Å². The highest BCUT2D eigenvalue weighted by Gasteiger charge is 2.31. The van der Waals surface area contributed by atoms with E-state index in [1.807, 2.05) is 18.2 Å². The molecule has 3 N–H and O–H groups in total. The van der Waals surface area contributed by atoms with E-state index >= 15 is 0 Å². The average molecular weight is 489 g/mol. The molecule has 2 aromatic carbocycles. The molecule has 0 radical (unpaired) electrons. The van der Waals surface area contributed by atoms with Gasteiger partial charge in [-0.05, 0) is 48.9 Å². The highest BCUT2D eigenvalue weighted by atomic mass is 19.4. The second kappa shape index (κ2) is 9.95. The Morgan fingerprint density at radius 3 is 2.60 bits per heavy atom. The number of hydrogen-bond acceptors (Lipinski definition) is 7. The number of esters is 1. The summed E-state index contributed by atoms with van der Waals surface area (Å²) in [6.45, 7) is 2.55. The number of nitrogens with one attached hydrogen (secondary N) is 1. The fourth-order valence-electron chi connectivity index (χ4n) is 3.56. The first-order valence-electron chi connectivity index (χ1n) is 10.7. The molecule has 0 aliphatic rings. The Bertz CT molecular complexity index is 1320. The quantitative estimate of drug-likeness (QED) is 0.340. The van der Waals surface area contributed by atoms with Crippen LogP contribution in [0.15, 0.2) is 48.7 Å². The first kappa shape index (κ1) is 23.9. The number of rotatable bonds is 9. The van der Waals surface area contributed by atoms with Crippen LogP contribution in [0.25, 0.3) is 11.0 Å². The second-order valence-electron chi connectivity index (χ2n) is 7.47. The molecule has 0 unspecified atom stereocenters. The molecule has 2 aromatic heterocycles. The van der Waals surface area contributed by atoms with Crippen LogP contribution in [-0.4, -0.2) is 45.3 Å². The van der Waals surface area contributed by atoms with Crippen molar-refractivity contribution in [3.05, 3.63) is 65.5 Å². The van der Waals surface area contributed by atoms with E-state index in [2.05, 4.69) is 19.9 Å². The van der Waals surface area contributed by atoms with Gasteiger partial charge in [0, 0.05) is 6.42 Å². The third-order valence-electron chi connectivity index (χ3n) is 5.08. The second-order valence-corrected chi connectivity index (χ2v) is 7.47. The van der Waals surface area contributed by atoms with Crippen LogP contribution in [0.1, 0.15) is 28.5 Å². The maximum atomic E-state index is 12.3. The van der Waals surface area contributed by atoms with E-state index in [0.29, 0.717) is 41.4 Å². The number of imidazole rings is 1. The van der Waals surface area contributed by atoms with Crippen LogP contribution in [0.3, 0.4) is 0 Å². The van der Waals surface area contributed by atoms with Gasteiger partial charge in [0.2, 0.25) is 5.95 Å². The lowest BCUT2D eigenvalue weighted by molar-refractivity contribution is -0.274. The van der Waals surface area contributed by atoms with Gasteiger partial charge in [-0.2, -0.15) is 5.10 Å². The van der Waals surface area contributed by atoms with Gasteiger partial charge in [-0.15, -0.1) is 13.2 Å². The van der Waals surface area contributed by atoms with Crippen molar-refractivity contribution in [1.82, 2.24) is 19.7 Å². The molecule has 0 atom stereocenters. The number of carbonyl (C=O) groups is 1. The standard InChI is InChI=1S/C23H22F3N5O4/c1-2-33-21(32)17-13-28-30-19(17)11-14-3-8-18-20(12-14)31(22(27)29-18)9-10-34-15-4-6-16(7-5-15)35-23(24,25)26/h3-8,12-13H,2,9-11H2,1H3,(H2,27,29)(H,28,30). The molecule has 0 saturated carbocycles. The molecule has 35 heavy (non-hydrogen) atoms. The van der Waals surface area contributed by atoms with E-state index in [1.54, 1.807) is 11.5 Å². The number of carbonyl (C=O) groups excluding carboxylic acids is 1. The molecule has 0 spiro atoms. The van der Waals surface area contributed by atoms with Crippen molar-refractivity contribution in [2.24, 2.45) is 0 Å². The maximum absolute atomic E-state index is 12.3. The molecule has 0 aliphatic carbocycles. The van der Waals surface area contributed by atoms with Crippen molar-refractivity contribution < 1.29 is 32.2 Å². The zero-order valence-corrected chi connectivity index (χ0v) is 18.6. The average Bonchev–Trinajstić information content (AvgIpc) is 3.38. The largest absolute Gasteiger partial charge is 0.573 e. The Balaban J connectivity index is 1.45. The molecule has 0 aliphatic heterocycles. The summed E-state index contributed by atoms with van der Waals surface area (Å²) in [6.07, 6.45) is -2.90. The fraction of sp³-hybridized carbons (Fsp3) is 0.261. The molecule has 0 bridgehead atoms. The zero-order valence-electron chi connectivity index (χ0n) is 18.6. The predicted octanol–water partition coefficient (Wildman–Crippen LogP) is 4.09. The zero-order chi connectivity index (χ0) is 25.0. The van der Waals surface area contributed by atoms with Crippen LogP contribution >= 0.6 is 0 Å². The van der Waals surface area contributed by atoms with Gasteiger partial charge in [0.25, 0.3) is 0 Å². The number of H-pyrrole nitrogens is 1. The van der Waals surface area contributed by atoms with Crippen LogP contribution < -0.4 is 15.2 Å². The summed E-state index contributed by atoms with van der Waals surface area (Å²) in [5.41, 5.74) is 9.45. The smallest absolute Gasteiger partial charge is 0.492 e. The molecule has 0 fully saturated rings. The maximum Gasteiger partial charge on any atom is 0.573 e. The van der Waals surface area contributed by atoms with Crippen LogP contribution in [0.2, 0.25) is 0 Å². The summed E-state index contributed by atoms with van der Waals surface area (Å²) < 4.78 is 53.2. The number of halogens is 3. The van der Waals surface area contributed by atoms with Crippen molar-refractivity contribution in [2.45, 2.75) is 26.3 Å². The number of nitrogens with two attached hydrogens (primary N) is 1. The summed E-state index contributed by atoms with van der Waals surface area (Å²) in [5, 5.41) is 6.80. The lowest BCUT2D eigenvalue weighted by atomic mass is 10.1. The number of nitrogen functional groups attached to an aromatic ring is 1. The lowest BCUT2D eigenvalue weighted by Crippen LogP contribution is -2.17. The van der Waals surface area contributed by atoms with Gasteiger partial charge in [0.15, 0.2) is 0 Å². The van der Waals surface area contributed by atoms with E-state index in [1.165, 1.54) is 30.5 Å². The predicted molar refractivity (Wildman–Crippen MR) is 120 cm³/mol. The molecular formula is C23H22F3N5O4. The Labute approximate surface area is 197 Å². The van der Waals surface area contributed by atoms with Crippen molar-refractivity contribution in [2.75, 3.05) is 18.9 Å². The Hall–Kier alpha value is -4.22. The molecular weight excluding hydrogens is 467 g/mol. The van der Waals surface area contributed by atoms with E-state index in [4.69, 9.17) is 15.2 Å².